The molecule has 0 heterocycles. The zero-order chi connectivity index (χ0) is 19.4. The number of anilines is 2. The number of hydrogen-bond donors (Lipinski definition) is 4. The molecule has 0 aliphatic heterocycles. The fraction of sp³-hybridized carbons (Fsp3) is 0.136. The standard InChI is InChI=1S/C22H22N2O3/c1-14(10-13-21(26)24-19-9-5-4-8-18(19)23)22(27)17-11-12-20(25)16-7-3-2-6-15(16)17/h2-14,22,25,27H,23H2,1H3,(H,24,26)/b13-10+/t14-,22+/m0/s1. The van der Waals surface area contributed by atoms with Crippen molar-refractivity contribution in [2.24, 2.45) is 5.92 Å². The van der Waals surface area contributed by atoms with E-state index in [9.17, 15) is 15.0 Å². The van der Waals surface area contributed by atoms with Crippen molar-refractivity contribution in [3.8, 4) is 5.75 Å². The summed E-state index contributed by atoms with van der Waals surface area (Å²) in [6.07, 6.45) is 2.23. The second-order valence-electron chi connectivity index (χ2n) is 6.46. The van der Waals surface area contributed by atoms with Gasteiger partial charge in [-0.2, -0.15) is 0 Å². The number of hydrogen-bond acceptors (Lipinski definition) is 4. The first-order valence-corrected chi connectivity index (χ1v) is 8.69. The average molecular weight is 362 g/mol. The van der Waals surface area contributed by atoms with Gasteiger partial charge in [-0.15, -0.1) is 0 Å². The molecule has 2 atom stereocenters. The van der Waals surface area contributed by atoms with Crippen LogP contribution in [0.1, 0.15) is 18.6 Å². The second-order valence-corrected chi connectivity index (χ2v) is 6.46. The predicted molar refractivity (Wildman–Crippen MR) is 108 cm³/mol. The Morgan fingerprint density at radius 3 is 2.44 bits per heavy atom. The Balaban J connectivity index is 1.75. The van der Waals surface area contributed by atoms with Gasteiger partial charge >= 0.3 is 0 Å². The number of phenols is 1. The Morgan fingerprint density at radius 2 is 1.70 bits per heavy atom. The lowest BCUT2D eigenvalue weighted by molar-refractivity contribution is -0.111. The largest absolute Gasteiger partial charge is 0.507 e. The van der Waals surface area contributed by atoms with E-state index in [-0.39, 0.29) is 17.6 Å². The summed E-state index contributed by atoms with van der Waals surface area (Å²) in [5, 5.41) is 24.9. The van der Waals surface area contributed by atoms with Crippen LogP contribution in [0.2, 0.25) is 0 Å². The van der Waals surface area contributed by atoms with Crippen molar-refractivity contribution in [2.75, 3.05) is 11.1 Å². The number of nitrogens with two attached hydrogens (primary N) is 1. The van der Waals surface area contributed by atoms with Crippen LogP contribution in [0.4, 0.5) is 11.4 Å². The van der Waals surface area contributed by atoms with Gasteiger partial charge in [-0.3, -0.25) is 4.79 Å². The van der Waals surface area contributed by atoms with Crippen molar-refractivity contribution in [2.45, 2.75) is 13.0 Å². The van der Waals surface area contributed by atoms with E-state index in [0.717, 1.165) is 5.39 Å². The molecule has 0 radical (unpaired) electrons. The minimum Gasteiger partial charge on any atom is -0.507 e. The number of nitrogens with one attached hydrogen (secondary N) is 1. The predicted octanol–water partition coefficient (Wildman–Crippen LogP) is 3.99. The number of aromatic hydroxyl groups is 1. The van der Waals surface area contributed by atoms with Crippen molar-refractivity contribution in [3.05, 3.63) is 78.4 Å². The summed E-state index contributed by atoms with van der Waals surface area (Å²) >= 11 is 0. The van der Waals surface area contributed by atoms with Crippen molar-refractivity contribution in [1.82, 2.24) is 0 Å². The number of aliphatic hydroxyl groups is 1. The summed E-state index contributed by atoms with van der Waals surface area (Å²) in [4.78, 5) is 12.1. The molecular weight excluding hydrogens is 340 g/mol. The fourth-order valence-corrected chi connectivity index (χ4v) is 2.98. The lowest BCUT2D eigenvalue weighted by Crippen LogP contribution is -2.12. The molecule has 138 valence electrons. The van der Waals surface area contributed by atoms with Gasteiger partial charge < -0.3 is 21.3 Å². The van der Waals surface area contributed by atoms with Gasteiger partial charge in [-0.1, -0.05) is 55.5 Å². The molecule has 5 heteroatoms. The molecule has 1 amide bonds. The van der Waals surface area contributed by atoms with Crippen LogP contribution in [0.3, 0.4) is 0 Å². The lowest BCUT2D eigenvalue weighted by atomic mass is 9.92. The number of nitrogen functional groups attached to an aromatic ring is 1. The third kappa shape index (κ3) is 4.10. The van der Waals surface area contributed by atoms with Gasteiger partial charge in [0.1, 0.15) is 5.75 Å². The van der Waals surface area contributed by atoms with E-state index >= 15 is 0 Å². The molecule has 0 bridgehead atoms. The van der Waals surface area contributed by atoms with Crippen LogP contribution in [-0.2, 0) is 4.79 Å². The van der Waals surface area contributed by atoms with E-state index in [1.165, 1.54) is 6.08 Å². The summed E-state index contributed by atoms with van der Waals surface area (Å²) in [5.74, 6) is -0.455. The first kappa shape index (κ1) is 18.5. The number of para-hydroxylation sites is 2. The van der Waals surface area contributed by atoms with Crippen molar-refractivity contribution < 1.29 is 15.0 Å². The van der Waals surface area contributed by atoms with Gasteiger partial charge in [-0.05, 0) is 35.2 Å². The van der Waals surface area contributed by atoms with Crippen LogP contribution in [0.15, 0.2) is 72.8 Å². The maximum atomic E-state index is 12.1. The summed E-state index contributed by atoms with van der Waals surface area (Å²) in [5.41, 5.74) is 7.55. The fourth-order valence-electron chi connectivity index (χ4n) is 2.98. The van der Waals surface area contributed by atoms with E-state index in [4.69, 9.17) is 5.73 Å². The van der Waals surface area contributed by atoms with Gasteiger partial charge in [0, 0.05) is 11.3 Å². The Labute approximate surface area is 157 Å². The van der Waals surface area contributed by atoms with Crippen LogP contribution >= 0.6 is 0 Å². The minimum absolute atomic E-state index is 0.171. The molecule has 0 unspecified atom stereocenters. The molecular formula is C22H22N2O3. The summed E-state index contributed by atoms with van der Waals surface area (Å²) in [6, 6.07) is 17.6. The number of amides is 1. The quantitative estimate of drug-likeness (QED) is 0.408. The molecule has 0 aromatic heterocycles. The molecule has 5 nitrogen and oxygen atoms in total. The van der Waals surface area contributed by atoms with Crippen LogP contribution in [0, 0.1) is 5.92 Å². The summed E-state index contributed by atoms with van der Waals surface area (Å²) < 4.78 is 0. The van der Waals surface area contributed by atoms with Crippen LogP contribution < -0.4 is 11.1 Å². The Morgan fingerprint density at radius 1 is 1.04 bits per heavy atom. The number of phenolic OH excluding ortho intramolecular Hbond substituents is 1. The number of fused-ring (bicyclic) bond motifs is 1. The highest BCUT2D eigenvalue weighted by Crippen LogP contribution is 2.33. The monoisotopic (exact) mass is 362 g/mol. The van der Waals surface area contributed by atoms with Gasteiger partial charge in [-0.25, -0.2) is 0 Å². The van der Waals surface area contributed by atoms with Crippen molar-refractivity contribution in [3.63, 3.8) is 0 Å². The molecule has 0 aliphatic rings. The second kappa shape index (κ2) is 7.93. The average Bonchev–Trinajstić information content (AvgIpc) is 2.68. The Bertz CT molecular complexity index is 998. The topological polar surface area (TPSA) is 95.6 Å². The first-order chi connectivity index (χ1) is 13.0. The number of carbonyl (C=O) groups is 1. The Hall–Kier alpha value is -3.31. The maximum Gasteiger partial charge on any atom is 0.248 e. The van der Waals surface area contributed by atoms with E-state index in [1.54, 1.807) is 48.5 Å². The highest BCUT2D eigenvalue weighted by Gasteiger charge is 2.18. The van der Waals surface area contributed by atoms with E-state index in [0.29, 0.717) is 22.3 Å². The minimum atomic E-state index is -0.818. The maximum absolute atomic E-state index is 12.1. The van der Waals surface area contributed by atoms with Crippen molar-refractivity contribution >= 4 is 28.1 Å². The molecule has 3 rings (SSSR count). The number of carbonyl (C=O) groups excluding carboxylic acids is 1. The molecule has 3 aromatic carbocycles. The molecule has 0 fully saturated rings. The summed E-state index contributed by atoms with van der Waals surface area (Å²) in [7, 11) is 0. The molecule has 0 spiro atoms. The molecule has 0 aliphatic carbocycles. The van der Waals surface area contributed by atoms with E-state index in [1.807, 2.05) is 25.1 Å². The third-order valence-corrected chi connectivity index (χ3v) is 4.52. The smallest absolute Gasteiger partial charge is 0.248 e. The molecule has 27 heavy (non-hydrogen) atoms. The molecule has 3 aromatic rings. The zero-order valence-corrected chi connectivity index (χ0v) is 15.0. The van der Waals surface area contributed by atoms with Gasteiger partial charge in [0.15, 0.2) is 0 Å². The Kier molecular flexibility index (Phi) is 5.43. The van der Waals surface area contributed by atoms with Crippen LogP contribution in [0.25, 0.3) is 10.8 Å². The highest BCUT2D eigenvalue weighted by molar-refractivity contribution is 6.01. The molecule has 5 N–H and O–H groups in total. The zero-order valence-electron chi connectivity index (χ0n) is 15.0. The van der Waals surface area contributed by atoms with E-state index in [2.05, 4.69) is 5.32 Å². The molecule has 0 saturated carbocycles. The highest BCUT2D eigenvalue weighted by atomic mass is 16.3. The normalized spacial score (nSPS) is 13.6. The van der Waals surface area contributed by atoms with Gasteiger partial charge in [0.25, 0.3) is 0 Å². The SMILES string of the molecule is C[C@@H](/C=C/C(=O)Nc1ccccc1N)[C@@H](O)c1ccc(O)c2ccccc12. The number of aliphatic hydroxyl groups excluding tert-OH is 1. The lowest BCUT2D eigenvalue weighted by Gasteiger charge is -2.18. The third-order valence-electron chi connectivity index (χ3n) is 4.52. The van der Waals surface area contributed by atoms with E-state index < -0.39 is 6.10 Å². The van der Waals surface area contributed by atoms with Crippen LogP contribution in [-0.4, -0.2) is 16.1 Å². The first-order valence-electron chi connectivity index (χ1n) is 8.69. The van der Waals surface area contributed by atoms with Gasteiger partial charge in [0.2, 0.25) is 5.91 Å². The summed E-state index contributed by atoms with van der Waals surface area (Å²) in [6.45, 7) is 1.83. The number of benzene rings is 3. The van der Waals surface area contributed by atoms with Crippen LogP contribution in [0.5, 0.6) is 5.75 Å². The van der Waals surface area contributed by atoms with Gasteiger partial charge in [0.05, 0.1) is 17.5 Å². The molecule has 0 saturated heterocycles. The van der Waals surface area contributed by atoms with Crippen molar-refractivity contribution in [1.29, 1.82) is 0 Å². The number of rotatable bonds is 5.